The number of aliphatic hydroxyl groups is 1. The molecule has 1 unspecified atom stereocenters. The summed E-state index contributed by atoms with van der Waals surface area (Å²) in [6.07, 6.45) is -0.829. The lowest BCUT2D eigenvalue weighted by Gasteiger charge is -2.10. The Morgan fingerprint density at radius 1 is 1.67 bits per heavy atom. The smallest absolute Gasteiger partial charge is 0.250 e. The highest BCUT2D eigenvalue weighted by Crippen LogP contribution is 2.14. The molecule has 15 heavy (non-hydrogen) atoms. The number of methoxy groups -OCH3 is 1. The van der Waals surface area contributed by atoms with E-state index in [4.69, 9.17) is 0 Å². The van der Waals surface area contributed by atoms with Crippen LogP contribution < -0.4 is 4.72 Å². The van der Waals surface area contributed by atoms with Crippen LogP contribution in [-0.4, -0.2) is 39.9 Å². The van der Waals surface area contributed by atoms with E-state index in [-0.39, 0.29) is 17.4 Å². The third kappa shape index (κ3) is 3.88. The SMILES string of the molecule is COCC(O)CNS(=O)(=O)c1cccs1. The average Bonchev–Trinajstić information content (AvgIpc) is 2.69. The number of hydrogen-bond acceptors (Lipinski definition) is 5. The highest BCUT2D eigenvalue weighted by Gasteiger charge is 2.16. The minimum atomic E-state index is -3.48. The van der Waals surface area contributed by atoms with Crippen molar-refractivity contribution < 1.29 is 18.3 Å². The minimum absolute atomic E-state index is 0.0475. The maximum atomic E-state index is 11.5. The Bertz CT molecular complexity index is 373. The zero-order valence-corrected chi connectivity index (χ0v) is 9.85. The van der Waals surface area contributed by atoms with Gasteiger partial charge in [-0.3, -0.25) is 0 Å². The summed E-state index contributed by atoms with van der Waals surface area (Å²) in [6, 6.07) is 3.17. The van der Waals surface area contributed by atoms with Crippen LogP contribution >= 0.6 is 11.3 Å². The first-order valence-corrected chi connectivity index (χ1v) is 6.62. The van der Waals surface area contributed by atoms with Crippen LogP contribution in [0.25, 0.3) is 0 Å². The van der Waals surface area contributed by atoms with Gasteiger partial charge in [0.15, 0.2) is 0 Å². The fourth-order valence-electron chi connectivity index (χ4n) is 0.945. The number of ether oxygens (including phenoxy) is 1. The largest absolute Gasteiger partial charge is 0.389 e. The number of rotatable bonds is 6. The molecule has 0 amide bonds. The van der Waals surface area contributed by atoms with Crippen LogP contribution in [0.5, 0.6) is 0 Å². The van der Waals surface area contributed by atoms with Crippen LogP contribution in [0.15, 0.2) is 21.7 Å². The third-order valence-electron chi connectivity index (χ3n) is 1.63. The van der Waals surface area contributed by atoms with E-state index < -0.39 is 16.1 Å². The van der Waals surface area contributed by atoms with Gasteiger partial charge in [-0.2, -0.15) is 0 Å². The Labute approximate surface area is 92.7 Å². The Hall–Kier alpha value is -0.470. The summed E-state index contributed by atoms with van der Waals surface area (Å²) in [5.74, 6) is 0. The van der Waals surface area contributed by atoms with Gasteiger partial charge in [0, 0.05) is 13.7 Å². The molecule has 0 aliphatic carbocycles. The molecule has 86 valence electrons. The van der Waals surface area contributed by atoms with Crippen LogP contribution in [0.3, 0.4) is 0 Å². The van der Waals surface area contributed by atoms with Crippen molar-refractivity contribution >= 4 is 21.4 Å². The van der Waals surface area contributed by atoms with E-state index >= 15 is 0 Å². The Morgan fingerprint density at radius 3 is 2.93 bits per heavy atom. The molecule has 0 aliphatic rings. The molecule has 0 saturated heterocycles. The van der Waals surface area contributed by atoms with E-state index in [2.05, 4.69) is 9.46 Å². The summed E-state index contributed by atoms with van der Waals surface area (Å²) < 4.78 is 30.3. The van der Waals surface area contributed by atoms with Crippen molar-refractivity contribution in [2.45, 2.75) is 10.3 Å². The molecule has 1 aromatic heterocycles. The van der Waals surface area contributed by atoms with Gasteiger partial charge in [0.2, 0.25) is 10.0 Å². The van der Waals surface area contributed by atoms with Gasteiger partial charge in [-0.15, -0.1) is 11.3 Å². The van der Waals surface area contributed by atoms with Crippen molar-refractivity contribution in [2.24, 2.45) is 0 Å². The first-order chi connectivity index (χ1) is 7.06. The number of thiophene rings is 1. The van der Waals surface area contributed by atoms with Crippen molar-refractivity contribution in [1.82, 2.24) is 4.72 Å². The summed E-state index contributed by atoms with van der Waals surface area (Å²) in [5, 5.41) is 10.9. The van der Waals surface area contributed by atoms with Gasteiger partial charge in [0.1, 0.15) is 4.21 Å². The van der Waals surface area contributed by atoms with Crippen LogP contribution in [0.1, 0.15) is 0 Å². The summed E-state index contributed by atoms with van der Waals surface area (Å²) >= 11 is 1.13. The highest BCUT2D eigenvalue weighted by molar-refractivity contribution is 7.91. The summed E-state index contributed by atoms with van der Waals surface area (Å²) in [7, 11) is -2.04. The Balaban J connectivity index is 2.52. The van der Waals surface area contributed by atoms with Gasteiger partial charge in [-0.25, -0.2) is 13.1 Å². The topological polar surface area (TPSA) is 75.6 Å². The lowest BCUT2D eigenvalue weighted by atomic mass is 10.4. The molecule has 0 saturated carbocycles. The second-order valence-corrected chi connectivity index (χ2v) is 5.83. The zero-order valence-electron chi connectivity index (χ0n) is 8.21. The van der Waals surface area contributed by atoms with E-state index in [0.29, 0.717) is 0 Å². The quantitative estimate of drug-likeness (QED) is 0.748. The molecule has 0 spiro atoms. The normalized spacial score (nSPS) is 14.0. The second kappa shape index (κ2) is 5.57. The summed E-state index contributed by atoms with van der Waals surface area (Å²) in [5.41, 5.74) is 0. The second-order valence-electron chi connectivity index (χ2n) is 2.89. The molecule has 1 rings (SSSR count). The molecule has 1 aromatic rings. The molecule has 0 fully saturated rings. The molecule has 2 N–H and O–H groups in total. The predicted molar refractivity (Wildman–Crippen MR) is 57.4 cm³/mol. The number of aliphatic hydroxyl groups excluding tert-OH is 1. The zero-order chi connectivity index (χ0) is 11.3. The maximum absolute atomic E-state index is 11.5. The molecular weight excluding hydrogens is 238 g/mol. The highest BCUT2D eigenvalue weighted by atomic mass is 32.2. The number of sulfonamides is 1. The molecule has 1 atom stereocenters. The molecule has 0 radical (unpaired) electrons. The average molecular weight is 251 g/mol. The molecule has 7 heteroatoms. The fraction of sp³-hybridized carbons (Fsp3) is 0.500. The molecule has 0 aliphatic heterocycles. The van der Waals surface area contributed by atoms with Crippen molar-refractivity contribution in [3.63, 3.8) is 0 Å². The molecule has 1 heterocycles. The first kappa shape index (κ1) is 12.6. The van der Waals surface area contributed by atoms with Gasteiger partial charge in [-0.05, 0) is 11.4 Å². The Morgan fingerprint density at radius 2 is 2.40 bits per heavy atom. The van der Waals surface area contributed by atoms with Crippen molar-refractivity contribution in [3.8, 4) is 0 Å². The molecule has 0 bridgehead atoms. The number of hydrogen-bond donors (Lipinski definition) is 2. The van der Waals surface area contributed by atoms with Crippen LogP contribution in [0.2, 0.25) is 0 Å². The van der Waals surface area contributed by atoms with E-state index in [1.165, 1.54) is 13.2 Å². The fourth-order valence-corrected chi connectivity index (χ4v) is 3.06. The molecule has 5 nitrogen and oxygen atoms in total. The van der Waals surface area contributed by atoms with Crippen LogP contribution in [-0.2, 0) is 14.8 Å². The van der Waals surface area contributed by atoms with Gasteiger partial charge in [-0.1, -0.05) is 6.07 Å². The Kier molecular flexibility index (Phi) is 4.68. The number of nitrogens with one attached hydrogen (secondary N) is 1. The van der Waals surface area contributed by atoms with Gasteiger partial charge < -0.3 is 9.84 Å². The van der Waals surface area contributed by atoms with Crippen molar-refractivity contribution in [2.75, 3.05) is 20.3 Å². The lowest BCUT2D eigenvalue weighted by Crippen LogP contribution is -2.34. The van der Waals surface area contributed by atoms with Gasteiger partial charge in [0.25, 0.3) is 0 Å². The van der Waals surface area contributed by atoms with E-state index in [0.717, 1.165) is 11.3 Å². The van der Waals surface area contributed by atoms with Gasteiger partial charge in [0.05, 0.1) is 12.7 Å². The van der Waals surface area contributed by atoms with Crippen molar-refractivity contribution in [1.29, 1.82) is 0 Å². The standard InChI is InChI=1S/C8H13NO4S2/c1-13-6-7(10)5-9-15(11,12)8-3-2-4-14-8/h2-4,7,9-10H,5-6H2,1H3. The predicted octanol–water partition coefficient (Wildman–Crippen LogP) is 0.0337. The van der Waals surface area contributed by atoms with Crippen molar-refractivity contribution in [3.05, 3.63) is 17.5 Å². The van der Waals surface area contributed by atoms with Crippen LogP contribution in [0.4, 0.5) is 0 Å². The lowest BCUT2D eigenvalue weighted by molar-refractivity contribution is 0.0679. The van der Waals surface area contributed by atoms with E-state index in [9.17, 15) is 13.5 Å². The maximum Gasteiger partial charge on any atom is 0.250 e. The summed E-state index contributed by atoms with van der Waals surface area (Å²) in [6.45, 7) is 0.0566. The first-order valence-electron chi connectivity index (χ1n) is 4.26. The molecular formula is C8H13NO4S2. The monoisotopic (exact) mass is 251 g/mol. The molecule has 0 aromatic carbocycles. The van der Waals surface area contributed by atoms with E-state index in [1.54, 1.807) is 11.4 Å². The minimum Gasteiger partial charge on any atom is -0.389 e. The van der Waals surface area contributed by atoms with Crippen LogP contribution in [0, 0.1) is 0 Å². The summed E-state index contributed by atoms with van der Waals surface area (Å²) in [4.78, 5) is 0. The third-order valence-corrected chi connectivity index (χ3v) is 4.45. The van der Waals surface area contributed by atoms with Gasteiger partial charge >= 0.3 is 0 Å². The van der Waals surface area contributed by atoms with E-state index in [1.807, 2.05) is 0 Å².